The number of carboxylic acid groups (broad SMARTS) is 1. The van der Waals surface area contributed by atoms with Gasteiger partial charge in [-0.15, -0.1) is 0 Å². The van der Waals surface area contributed by atoms with E-state index in [-0.39, 0.29) is 17.1 Å². The Morgan fingerprint density at radius 1 is 1.29 bits per heavy atom. The first-order valence-electron chi connectivity index (χ1n) is 5.17. The molecular weight excluding hydrogens is 244 g/mol. The van der Waals surface area contributed by atoms with Crippen molar-refractivity contribution in [1.29, 1.82) is 0 Å². The van der Waals surface area contributed by atoms with Gasteiger partial charge in [-0.1, -0.05) is 0 Å². The number of aromatic carboxylic acids is 1. The van der Waals surface area contributed by atoms with Crippen LogP contribution in [0.1, 0.15) is 16.8 Å². The molecule has 1 aromatic rings. The highest BCUT2D eigenvalue weighted by Crippen LogP contribution is 2.22. The largest absolute Gasteiger partial charge is 0.478 e. The van der Waals surface area contributed by atoms with Crippen LogP contribution in [0, 0.1) is 0 Å². The van der Waals surface area contributed by atoms with Crippen molar-refractivity contribution >= 4 is 15.8 Å². The average molecular weight is 256 g/mol. The molecule has 0 spiro atoms. The average Bonchev–Trinajstić information content (AvgIpc) is 2.83. The second-order valence-electron chi connectivity index (χ2n) is 3.86. The first-order chi connectivity index (χ1) is 8.01. The van der Waals surface area contributed by atoms with Crippen molar-refractivity contribution in [3.8, 4) is 0 Å². The minimum atomic E-state index is -3.40. The first-order valence-corrected chi connectivity index (χ1v) is 6.71. The molecule has 1 saturated heterocycles. The quantitative estimate of drug-likeness (QED) is 0.870. The molecule has 0 bridgehead atoms. The standard InChI is InChI=1S/C11H12O5S/c12-11(13)8-1-3-9(4-2-8)17(14,15)10-5-6-16-7-10/h1-4,10H,5-7H2,(H,12,13)/t10-/m0/s1. The van der Waals surface area contributed by atoms with Gasteiger partial charge in [-0.05, 0) is 30.7 Å². The second kappa shape index (κ2) is 4.46. The number of rotatable bonds is 3. The summed E-state index contributed by atoms with van der Waals surface area (Å²) in [4.78, 5) is 10.8. The fourth-order valence-corrected chi connectivity index (χ4v) is 3.32. The Hall–Kier alpha value is -1.40. The molecule has 17 heavy (non-hydrogen) atoms. The second-order valence-corrected chi connectivity index (χ2v) is 6.09. The topological polar surface area (TPSA) is 80.7 Å². The maximum atomic E-state index is 12.1. The first kappa shape index (κ1) is 12.1. The molecule has 1 aliphatic heterocycles. The molecule has 0 aliphatic carbocycles. The molecule has 1 fully saturated rings. The van der Waals surface area contributed by atoms with Gasteiger partial charge in [0, 0.05) is 6.61 Å². The lowest BCUT2D eigenvalue weighted by atomic mass is 10.2. The summed E-state index contributed by atoms with van der Waals surface area (Å²) < 4.78 is 29.2. The van der Waals surface area contributed by atoms with Crippen molar-refractivity contribution in [3.63, 3.8) is 0 Å². The van der Waals surface area contributed by atoms with Gasteiger partial charge in [0.2, 0.25) is 0 Å². The van der Waals surface area contributed by atoms with Crippen molar-refractivity contribution in [1.82, 2.24) is 0 Å². The smallest absolute Gasteiger partial charge is 0.335 e. The Morgan fingerprint density at radius 3 is 2.41 bits per heavy atom. The molecule has 92 valence electrons. The van der Waals surface area contributed by atoms with Gasteiger partial charge in [-0.2, -0.15) is 0 Å². The number of sulfone groups is 1. The molecule has 1 N–H and O–H groups in total. The van der Waals surface area contributed by atoms with Crippen molar-refractivity contribution in [2.75, 3.05) is 13.2 Å². The maximum absolute atomic E-state index is 12.1. The van der Waals surface area contributed by atoms with Gasteiger partial charge in [0.1, 0.15) is 0 Å². The zero-order valence-electron chi connectivity index (χ0n) is 9.00. The molecule has 0 aromatic heterocycles. The van der Waals surface area contributed by atoms with E-state index in [1.54, 1.807) is 0 Å². The van der Waals surface area contributed by atoms with Crippen LogP contribution in [-0.2, 0) is 14.6 Å². The van der Waals surface area contributed by atoms with Crippen LogP contribution in [0.3, 0.4) is 0 Å². The molecule has 5 nitrogen and oxygen atoms in total. The van der Waals surface area contributed by atoms with E-state index in [1.165, 1.54) is 24.3 Å². The number of carbonyl (C=O) groups is 1. The highest BCUT2D eigenvalue weighted by atomic mass is 32.2. The summed E-state index contributed by atoms with van der Waals surface area (Å²) >= 11 is 0. The van der Waals surface area contributed by atoms with Gasteiger partial charge in [0.25, 0.3) is 0 Å². The van der Waals surface area contributed by atoms with Gasteiger partial charge < -0.3 is 9.84 Å². The Kier molecular flexibility index (Phi) is 3.17. The van der Waals surface area contributed by atoms with Crippen LogP contribution in [0.2, 0.25) is 0 Å². The fourth-order valence-electron chi connectivity index (χ4n) is 1.74. The Balaban J connectivity index is 2.30. The Morgan fingerprint density at radius 2 is 1.94 bits per heavy atom. The Labute approximate surface area is 98.9 Å². The highest BCUT2D eigenvalue weighted by Gasteiger charge is 2.31. The molecule has 2 rings (SSSR count). The van der Waals surface area contributed by atoms with E-state index < -0.39 is 21.1 Å². The van der Waals surface area contributed by atoms with Crippen LogP contribution in [0.4, 0.5) is 0 Å². The molecule has 0 radical (unpaired) electrons. The molecule has 0 saturated carbocycles. The summed E-state index contributed by atoms with van der Waals surface area (Å²) in [7, 11) is -3.40. The van der Waals surface area contributed by atoms with Gasteiger partial charge >= 0.3 is 5.97 Å². The minimum Gasteiger partial charge on any atom is -0.478 e. The van der Waals surface area contributed by atoms with E-state index in [9.17, 15) is 13.2 Å². The lowest BCUT2D eigenvalue weighted by Gasteiger charge is -2.09. The lowest BCUT2D eigenvalue weighted by Crippen LogP contribution is -2.21. The fraction of sp³-hybridized carbons (Fsp3) is 0.364. The summed E-state index contributed by atoms with van der Waals surface area (Å²) in [6, 6.07) is 5.25. The zero-order chi connectivity index (χ0) is 12.5. The molecule has 1 aromatic carbocycles. The van der Waals surface area contributed by atoms with Gasteiger partial charge in [0.05, 0.1) is 22.3 Å². The van der Waals surface area contributed by atoms with Gasteiger partial charge in [-0.25, -0.2) is 13.2 Å². The van der Waals surface area contributed by atoms with Crippen LogP contribution in [0.15, 0.2) is 29.2 Å². The third-order valence-electron chi connectivity index (χ3n) is 2.76. The number of hydrogen-bond donors (Lipinski definition) is 1. The van der Waals surface area contributed by atoms with Crippen LogP contribution in [0.5, 0.6) is 0 Å². The molecule has 1 atom stereocenters. The SMILES string of the molecule is O=C(O)c1ccc(S(=O)(=O)[C@H]2CCOC2)cc1. The molecule has 6 heteroatoms. The number of ether oxygens (including phenoxy) is 1. The lowest BCUT2D eigenvalue weighted by molar-refractivity contribution is 0.0696. The van der Waals surface area contributed by atoms with Gasteiger partial charge in [-0.3, -0.25) is 0 Å². The molecule has 1 heterocycles. The zero-order valence-corrected chi connectivity index (χ0v) is 9.81. The van der Waals surface area contributed by atoms with Crippen molar-refractivity contribution < 1.29 is 23.1 Å². The van der Waals surface area contributed by atoms with Crippen molar-refractivity contribution in [3.05, 3.63) is 29.8 Å². The molecule has 0 unspecified atom stereocenters. The predicted molar refractivity (Wildman–Crippen MR) is 59.8 cm³/mol. The number of carboxylic acids is 1. The summed E-state index contributed by atoms with van der Waals surface area (Å²) in [5.41, 5.74) is 0.0756. The predicted octanol–water partition coefficient (Wildman–Crippen LogP) is 0.947. The van der Waals surface area contributed by atoms with E-state index in [2.05, 4.69) is 0 Å². The molecule has 0 amide bonds. The van der Waals surface area contributed by atoms with Gasteiger partial charge in [0.15, 0.2) is 9.84 Å². The minimum absolute atomic E-state index is 0.0756. The summed E-state index contributed by atoms with van der Waals surface area (Å²) in [5.74, 6) is -1.07. The van der Waals surface area contributed by atoms with Crippen LogP contribution in [0.25, 0.3) is 0 Å². The van der Waals surface area contributed by atoms with E-state index in [1.807, 2.05) is 0 Å². The summed E-state index contributed by atoms with van der Waals surface area (Å²) in [5, 5.41) is 8.21. The number of benzene rings is 1. The third kappa shape index (κ3) is 2.32. The molecular formula is C11H12O5S. The number of hydrogen-bond acceptors (Lipinski definition) is 4. The monoisotopic (exact) mass is 256 g/mol. The highest BCUT2D eigenvalue weighted by molar-refractivity contribution is 7.92. The van der Waals surface area contributed by atoms with Crippen LogP contribution >= 0.6 is 0 Å². The summed E-state index contributed by atoms with van der Waals surface area (Å²) in [6.45, 7) is 0.667. The van der Waals surface area contributed by atoms with E-state index >= 15 is 0 Å². The maximum Gasteiger partial charge on any atom is 0.335 e. The van der Waals surface area contributed by atoms with Crippen molar-refractivity contribution in [2.45, 2.75) is 16.6 Å². The van der Waals surface area contributed by atoms with E-state index in [4.69, 9.17) is 9.84 Å². The normalized spacial score (nSPS) is 20.4. The molecule has 1 aliphatic rings. The van der Waals surface area contributed by atoms with Crippen LogP contribution < -0.4 is 0 Å². The third-order valence-corrected chi connectivity index (χ3v) is 4.94. The van der Waals surface area contributed by atoms with E-state index in [0.29, 0.717) is 13.0 Å². The summed E-state index contributed by atoms with van der Waals surface area (Å²) in [6.07, 6.45) is 0.489. The van der Waals surface area contributed by atoms with E-state index in [0.717, 1.165) is 0 Å². The van der Waals surface area contributed by atoms with Crippen molar-refractivity contribution in [2.24, 2.45) is 0 Å². The van der Waals surface area contributed by atoms with Crippen LogP contribution in [-0.4, -0.2) is 38.0 Å². The Bertz CT molecular complexity index is 511.